The van der Waals surface area contributed by atoms with Gasteiger partial charge in [-0.3, -0.25) is 9.05 Å². The molecule has 6 rings (SSSR count). The van der Waals surface area contributed by atoms with E-state index in [9.17, 15) is 0 Å². The second-order valence-electron chi connectivity index (χ2n) is 11.9. The molecule has 2 saturated heterocycles. The van der Waals surface area contributed by atoms with Gasteiger partial charge in [-0.1, -0.05) is 121 Å². The van der Waals surface area contributed by atoms with E-state index in [0.717, 1.165) is 22.3 Å². The van der Waals surface area contributed by atoms with Crippen molar-refractivity contribution in [3.8, 4) is 0 Å². The Labute approximate surface area is 256 Å². The molecule has 0 amide bonds. The standard InChI is InChI=1S/C36H40NO5P/c1-27(37(4)5)26-38-43-41-35(28-18-10-6-11-19-28,29-20-12-7-13-21-29)32-33(40-34(2,3)39-32)36(42-43,30-22-14-8-15-23-30)31-24-16-9-17-25-31/h6-25,27,32-33H,26H2,1-5H3/t27-,32+,33+/m0/s1. The maximum absolute atomic E-state index is 7.30. The summed E-state index contributed by atoms with van der Waals surface area (Å²) in [4.78, 5) is 2.12. The largest absolute Gasteiger partial charge is 0.341 e. The van der Waals surface area contributed by atoms with E-state index < -0.39 is 37.8 Å². The Kier molecular flexibility index (Phi) is 8.56. The SMILES string of the molecule is C[C@@H](COP1OC(c2ccccc2)(c2ccccc2)[C@@H]2OC(C)(C)O[C@H]2C(c2ccccc2)(c2ccccc2)O1)N(C)C. The third-order valence-electron chi connectivity index (χ3n) is 8.45. The van der Waals surface area contributed by atoms with E-state index in [2.05, 4.69) is 60.4 Å². The Balaban J connectivity index is 1.65. The summed E-state index contributed by atoms with van der Waals surface area (Å²) in [6, 6.07) is 41.2. The zero-order chi connectivity index (χ0) is 30.1. The van der Waals surface area contributed by atoms with Crippen LogP contribution in [-0.4, -0.2) is 49.6 Å². The summed E-state index contributed by atoms with van der Waals surface area (Å²) in [5, 5.41) is 0. The van der Waals surface area contributed by atoms with Crippen molar-refractivity contribution in [2.24, 2.45) is 0 Å². The van der Waals surface area contributed by atoms with Gasteiger partial charge in [-0.05, 0) is 57.1 Å². The number of ether oxygens (including phenoxy) is 2. The molecule has 2 heterocycles. The molecule has 0 bridgehead atoms. The molecule has 0 spiro atoms. The lowest BCUT2D eigenvalue weighted by Gasteiger charge is -2.41. The minimum Gasteiger partial charge on any atom is -0.341 e. The van der Waals surface area contributed by atoms with Crippen LogP contribution in [0.2, 0.25) is 0 Å². The van der Waals surface area contributed by atoms with Crippen LogP contribution in [0.1, 0.15) is 43.0 Å². The molecule has 0 aliphatic carbocycles. The third kappa shape index (κ3) is 5.58. The summed E-state index contributed by atoms with van der Waals surface area (Å²) in [6.07, 6.45) is -1.23. The molecule has 3 atom stereocenters. The lowest BCUT2D eigenvalue weighted by atomic mass is 9.72. The second-order valence-corrected chi connectivity index (χ2v) is 13.0. The molecule has 0 radical (unpaired) electrons. The first kappa shape index (κ1) is 30.1. The van der Waals surface area contributed by atoms with Crippen LogP contribution in [-0.2, 0) is 34.2 Å². The molecule has 2 aliphatic heterocycles. The maximum Gasteiger partial charge on any atom is 0.335 e. The van der Waals surface area contributed by atoms with Gasteiger partial charge in [0, 0.05) is 6.04 Å². The number of benzene rings is 4. The van der Waals surface area contributed by atoms with Crippen molar-refractivity contribution in [3.05, 3.63) is 144 Å². The van der Waals surface area contributed by atoms with Crippen molar-refractivity contribution < 1.29 is 23.0 Å². The average molecular weight is 598 g/mol. The van der Waals surface area contributed by atoms with Crippen molar-refractivity contribution >= 4 is 8.60 Å². The third-order valence-corrected chi connectivity index (χ3v) is 9.68. The zero-order valence-corrected chi connectivity index (χ0v) is 26.3. The monoisotopic (exact) mass is 597 g/mol. The van der Waals surface area contributed by atoms with E-state index >= 15 is 0 Å². The molecule has 0 unspecified atom stereocenters. The Morgan fingerprint density at radius 2 is 0.953 bits per heavy atom. The van der Waals surface area contributed by atoms with Gasteiger partial charge in [-0.2, -0.15) is 0 Å². The molecule has 0 aromatic heterocycles. The molecule has 7 heteroatoms. The number of nitrogens with zero attached hydrogens (tertiary/aromatic N) is 1. The minimum atomic E-state index is -1.97. The normalized spacial score (nSPS) is 23.4. The Hall–Kier alpha value is -2.93. The average Bonchev–Trinajstić information content (AvgIpc) is 3.32. The molecule has 0 saturated carbocycles. The fourth-order valence-corrected chi connectivity index (χ4v) is 7.61. The molecular formula is C36H40NO5P. The predicted molar refractivity (Wildman–Crippen MR) is 169 cm³/mol. The smallest absolute Gasteiger partial charge is 0.335 e. The van der Waals surface area contributed by atoms with Gasteiger partial charge < -0.3 is 18.9 Å². The van der Waals surface area contributed by atoms with E-state index in [4.69, 9.17) is 23.0 Å². The first-order valence-electron chi connectivity index (χ1n) is 14.8. The topological polar surface area (TPSA) is 49.4 Å². The molecule has 6 nitrogen and oxygen atoms in total. The fourth-order valence-electron chi connectivity index (χ4n) is 6.03. The van der Waals surface area contributed by atoms with Gasteiger partial charge in [0.05, 0.1) is 6.61 Å². The summed E-state index contributed by atoms with van der Waals surface area (Å²) in [7, 11) is 2.12. The van der Waals surface area contributed by atoms with Crippen molar-refractivity contribution in [2.45, 2.75) is 56.0 Å². The number of hydrogen-bond acceptors (Lipinski definition) is 6. The predicted octanol–water partition coefficient (Wildman–Crippen LogP) is 7.63. The lowest BCUT2D eigenvalue weighted by molar-refractivity contribution is -0.176. The summed E-state index contributed by atoms with van der Waals surface area (Å²) in [6.45, 7) is 6.46. The van der Waals surface area contributed by atoms with Crippen LogP contribution in [0.5, 0.6) is 0 Å². The lowest BCUT2D eigenvalue weighted by Crippen LogP contribution is -2.53. The Morgan fingerprint density at radius 3 is 1.26 bits per heavy atom. The number of rotatable bonds is 8. The van der Waals surface area contributed by atoms with Gasteiger partial charge >= 0.3 is 8.60 Å². The number of fused-ring (bicyclic) bond motifs is 1. The van der Waals surface area contributed by atoms with Crippen LogP contribution in [0, 0.1) is 0 Å². The molecule has 4 aromatic rings. The van der Waals surface area contributed by atoms with E-state index in [-0.39, 0.29) is 6.04 Å². The maximum atomic E-state index is 7.30. The van der Waals surface area contributed by atoms with Crippen LogP contribution in [0.15, 0.2) is 121 Å². The summed E-state index contributed by atoms with van der Waals surface area (Å²) >= 11 is 0. The van der Waals surface area contributed by atoms with Crippen molar-refractivity contribution in [2.75, 3.05) is 20.7 Å². The molecule has 224 valence electrons. The highest BCUT2D eigenvalue weighted by Crippen LogP contribution is 2.65. The number of hydrogen-bond donors (Lipinski definition) is 0. The van der Waals surface area contributed by atoms with E-state index in [0.29, 0.717) is 6.61 Å². The first-order valence-corrected chi connectivity index (χ1v) is 15.9. The molecule has 2 aliphatic rings. The summed E-state index contributed by atoms with van der Waals surface area (Å²) in [5.74, 6) is -0.925. The van der Waals surface area contributed by atoms with Crippen LogP contribution in [0.25, 0.3) is 0 Å². The summed E-state index contributed by atoms with van der Waals surface area (Å²) in [5.41, 5.74) is 1.53. The van der Waals surface area contributed by atoms with Crippen molar-refractivity contribution in [1.82, 2.24) is 4.90 Å². The van der Waals surface area contributed by atoms with Crippen LogP contribution >= 0.6 is 8.60 Å². The van der Waals surface area contributed by atoms with Gasteiger partial charge in [0.15, 0.2) is 17.0 Å². The quantitative estimate of drug-likeness (QED) is 0.195. The molecule has 0 N–H and O–H groups in total. The fraction of sp³-hybridized carbons (Fsp3) is 0.333. The highest BCUT2D eigenvalue weighted by molar-refractivity contribution is 7.41. The highest BCUT2D eigenvalue weighted by Gasteiger charge is 2.67. The highest BCUT2D eigenvalue weighted by atomic mass is 31.2. The summed E-state index contributed by atoms with van der Waals surface area (Å²) < 4.78 is 35.2. The Morgan fingerprint density at radius 1 is 0.628 bits per heavy atom. The van der Waals surface area contributed by atoms with Gasteiger partial charge in [-0.15, -0.1) is 0 Å². The molecule has 2 fully saturated rings. The van der Waals surface area contributed by atoms with E-state index in [1.54, 1.807) is 0 Å². The van der Waals surface area contributed by atoms with Crippen LogP contribution in [0.3, 0.4) is 0 Å². The van der Waals surface area contributed by atoms with Crippen LogP contribution < -0.4 is 0 Å². The van der Waals surface area contributed by atoms with Crippen molar-refractivity contribution in [3.63, 3.8) is 0 Å². The van der Waals surface area contributed by atoms with Gasteiger partial charge in [0.25, 0.3) is 0 Å². The molecule has 4 aromatic carbocycles. The van der Waals surface area contributed by atoms with Gasteiger partial charge in [0.2, 0.25) is 0 Å². The van der Waals surface area contributed by atoms with E-state index in [1.165, 1.54) is 0 Å². The van der Waals surface area contributed by atoms with Crippen LogP contribution in [0.4, 0.5) is 0 Å². The van der Waals surface area contributed by atoms with Gasteiger partial charge in [0.1, 0.15) is 12.2 Å². The van der Waals surface area contributed by atoms with Gasteiger partial charge in [-0.25, -0.2) is 0 Å². The molecule has 43 heavy (non-hydrogen) atoms. The molecular weight excluding hydrogens is 557 g/mol. The van der Waals surface area contributed by atoms with Crippen molar-refractivity contribution in [1.29, 1.82) is 0 Å². The minimum absolute atomic E-state index is 0.134. The zero-order valence-electron chi connectivity index (χ0n) is 25.4. The second kappa shape index (κ2) is 12.2. The Bertz CT molecular complexity index is 1290. The number of likely N-dealkylation sites (N-methyl/N-ethyl adjacent to an activating group) is 1. The van der Waals surface area contributed by atoms with E-state index in [1.807, 2.05) is 101 Å². The first-order chi connectivity index (χ1) is 20.8.